The molecule has 0 radical (unpaired) electrons. The fraction of sp³-hybridized carbons (Fsp3) is 0.357. The van der Waals surface area contributed by atoms with E-state index in [4.69, 9.17) is 16.9 Å². The second kappa shape index (κ2) is 12.1. The van der Waals surface area contributed by atoms with Gasteiger partial charge < -0.3 is 21.1 Å². The summed E-state index contributed by atoms with van der Waals surface area (Å²) < 4.78 is 5.22. The van der Waals surface area contributed by atoms with Gasteiger partial charge in [-0.2, -0.15) is 0 Å². The zero-order valence-corrected chi connectivity index (χ0v) is 22.0. The Morgan fingerprint density at radius 2 is 1.65 bits per heavy atom. The molecule has 0 aliphatic carbocycles. The number of nitrogens with zero attached hydrogens (tertiary/aromatic N) is 1. The number of para-hydroxylation sites is 1. The van der Waals surface area contributed by atoms with Crippen LogP contribution in [-0.4, -0.2) is 40.4 Å². The zero-order valence-electron chi connectivity index (χ0n) is 22.0. The maximum Gasteiger partial charge on any atom is 0.408 e. The summed E-state index contributed by atoms with van der Waals surface area (Å²) in [5.74, 6) is -2.28. The minimum Gasteiger partial charge on any atom is -0.444 e. The van der Waals surface area contributed by atoms with Crippen LogP contribution >= 0.6 is 0 Å². The first kappa shape index (κ1) is 28.9. The highest BCUT2D eigenvalue weighted by Gasteiger charge is 2.37. The number of benzene rings is 2. The van der Waals surface area contributed by atoms with Gasteiger partial charge in [0, 0.05) is 11.7 Å². The van der Waals surface area contributed by atoms with Crippen molar-refractivity contribution in [2.45, 2.75) is 65.6 Å². The first-order chi connectivity index (χ1) is 17.2. The molecule has 0 aromatic heterocycles. The lowest BCUT2D eigenvalue weighted by Crippen LogP contribution is -2.52. The Labute approximate surface area is 217 Å². The third-order valence-electron chi connectivity index (χ3n) is 5.36. The van der Waals surface area contributed by atoms with Crippen LogP contribution in [0.2, 0.25) is 0 Å². The molecule has 0 fully saturated rings. The van der Waals surface area contributed by atoms with E-state index >= 15 is 0 Å². The minimum atomic E-state index is -1.45. The molecule has 196 valence electrons. The highest BCUT2D eigenvalue weighted by molar-refractivity contribution is 6.01. The van der Waals surface area contributed by atoms with Crippen molar-refractivity contribution in [1.29, 1.82) is 0 Å². The van der Waals surface area contributed by atoms with Crippen molar-refractivity contribution in [3.05, 3.63) is 64.7 Å². The number of aryl methyl sites for hydroxylation is 3. The number of primary amides is 1. The highest BCUT2D eigenvalue weighted by Crippen LogP contribution is 2.27. The number of carbonyl (C=O) groups is 4. The van der Waals surface area contributed by atoms with E-state index in [0.29, 0.717) is 11.3 Å². The molecule has 4 N–H and O–H groups in total. The summed E-state index contributed by atoms with van der Waals surface area (Å²) in [7, 11) is 0. The summed E-state index contributed by atoms with van der Waals surface area (Å²) in [4.78, 5) is 52.3. The van der Waals surface area contributed by atoms with Gasteiger partial charge in [-0.15, -0.1) is 0 Å². The number of terminal acetylenes is 1. The maximum atomic E-state index is 13.7. The molecular formula is C28H34N4O5. The third kappa shape index (κ3) is 8.10. The number of hydrogen-bond donors (Lipinski definition) is 3. The number of anilines is 1. The Morgan fingerprint density at radius 3 is 2.16 bits per heavy atom. The molecule has 2 unspecified atom stereocenters. The van der Waals surface area contributed by atoms with E-state index in [1.54, 1.807) is 39.0 Å². The Hall–Kier alpha value is -4.32. The number of hydrogen-bond acceptors (Lipinski definition) is 5. The van der Waals surface area contributed by atoms with Gasteiger partial charge in [0.2, 0.25) is 5.91 Å². The Bertz CT molecular complexity index is 1210. The lowest BCUT2D eigenvalue weighted by atomic mass is 10.00. The van der Waals surface area contributed by atoms with E-state index in [1.807, 2.05) is 45.0 Å². The lowest BCUT2D eigenvalue weighted by molar-refractivity contribution is -0.138. The highest BCUT2D eigenvalue weighted by atomic mass is 16.6. The topological polar surface area (TPSA) is 131 Å². The molecule has 0 spiro atoms. The molecule has 0 aliphatic heterocycles. The first-order valence-electron chi connectivity index (χ1n) is 11.7. The van der Waals surface area contributed by atoms with Gasteiger partial charge in [0.25, 0.3) is 11.8 Å². The summed E-state index contributed by atoms with van der Waals surface area (Å²) in [6.45, 7) is 10.5. The number of nitrogens with two attached hydrogens (primary N) is 1. The summed E-state index contributed by atoms with van der Waals surface area (Å²) in [5, 5.41) is 5.25. The summed E-state index contributed by atoms with van der Waals surface area (Å²) in [5.41, 5.74) is 8.03. The monoisotopic (exact) mass is 506 g/mol. The van der Waals surface area contributed by atoms with Crippen LogP contribution in [0.15, 0.2) is 42.5 Å². The molecule has 0 aliphatic rings. The van der Waals surface area contributed by atoms with Gasteiger partial charge in [-0.1, -0.05) is 54.5 Å². The van der Waals surface area contributed by atoms with E-state index in [1.165, 1.54) is 0 Å². The number of carbonyl (C=O) groups excluding carboxylic acids is 4. The Kier molecular flexibility index (Phi) is 9.44. The van der Waals surface area contributed by atoms with Crippen LogP contribution in [0.1, 0.15) is 55.5 Å². The van der Waals surface area contributed by atoms with Crippen LogP contribution in [-0.2, 0) is 19.1 Å². The molecule has 0 bridgehead atoms. The third-order valence-corrected chi connectivity index (χ3v) is 5.36. The van der Waals surface area contributed by atoms with Crippen molar-refractivity contribution in [3.8, 4) is 12.5 Å². The number of nitrogens with one attached hydrogen (secondary N) is 2. The molecule has 2 aromatic rings. The van der Waals surface area contributed by atoms with Crippen LogP contribution in [0, 0.1) is 33.2 Å². The van der Waals surface area contributed by atoms with Gasteiger partial charge in [0.1, 0.15) is 17.7 Å². The van der Waals surface area contributed by atoms with E-state index in [-0.39, 0.29) is 0 Å². The van der Waals surface area contributed by atoms with Crippen molar-refractivity contribution < 1.29 is 23.9 Å². The van der Waals surface area contributed by atoms with Crippen molar-refractivity contribution in [2.24, 2.45) is 5.73 Å². The second-order valence-corrected chi connectivity index (χ2v) is 9.78. The maximum absolute atomic E-state index is 13.7. The molecule has 2 rings (SSSR count). The van der Waals surface area contributed by atoms with Crippen LogP contribution < -0.4 is 16.4 Å². The van der Waals surface area contributed by atoms with Crippen LogP contribution in [0.4, 0.5) is 10.5 Å². The smallest absolute Gasteiger partial charge is 0.408 e. The van der Waals surface area contributed by atoms with Gasteiger partial charge in [0.05, 0.1) is 6.42 Å². The standard InChI is InChI=1S/C28H34N4O5/c1-8-32(26(35)21(16-22(29)33)30-27(36)37-28(5,6)7)24(20-14-9-11-17(2)15-20)25(34)31-23-18(3)12-10-13-19(23)4/h1,9-15,21,24H,16H2,2-7H3,(H2,29,33)(H,30,36)(H,31,34). The fourth-order valence-corrected chi connectivity index (χ4v) is 3.75. The first-order valence-corrected chi connectivity index (χ1v) is 11.7. The van der Waals surface area contributed by atoms with Crippen molar-refractivity contribution in [2.75, 3.05) is 5.32 Å². The normalized spacial score (nSPS) is 12.5. The minimum absolute atomic E-state index is 0.449. The van der Waals surface area contributed by atoms with E-state index in [9.17, 15) is 19.2 Å². The van der Waals surface area contributed by atoms with Gasteiger partial charge in [-0.25, -0.2) is 4.79 Å². The number of alkyl carbamates (subject to hydrolysis) is 1. The summed E-state index contributed by atoms with van der Waals surface area (Å²) >= 11 is 0. The molecular weight excluding hydrogens is 472 g/mol. The fourth-order valence-electron chi connectivity index (χ4n) is 3.75. The summed E-state index contributed by atoms with van der Waals surface area (Å²) in [6.07, 6.45) is 4.28. The molecule has 2 aromatic carbocycles. The number of rotatable bonds is 8. The Morgan fingerprint density at radius 1 is 1.05 bits per heavy atom. The predicted octanol–water partition coefficient (Wildman–Crippen LogP) is 3.48. The van der Waals surface area contributed by atoms with Crippen LogP contribution in [0.5, 0.6) is 0 Å². The number of amides is 4. The van der Waals surface area contributed by atoms with E-state index in [2.05, 4.69) is 16.7 Å². The predicted molar refractivity (Wildman–Crippen MR) is 141 cm³/mol. The van der Waals surface area contributed by atoms with E-state index in [0.717, 1.165) is 21.6 Å². The van der Waals surface area contributed by atoms with Crippen molar-refractivity contribution in [1.82, 2.24) is 10.2 Å². The van der Waals surface area contributed by atoms with Crippen molar-refractivity contribution >= 4 is 29.5 Å². The molecule has 0 saturated carbocycles. The molecule has 9 heteroatoms. The largest absolute Gasteiger partial charge is 0.444 e. The van der Waals surface area contributed by atoms with Crippen LogP contribution in [0.25, 0.3) is 0 Å². The van der Waals surface area contributed by atoms with Gasteiger partial charge in [-0.3, -0.25) is 19.3 Å². The summed E-state index contributed by atoms with van der Waals surface area (Å²) in [6, 6.07) is 12.1. The molecule has 4 amide bonds. The molecule has 0 heterocycles. The average Bonchev–Trinajstić information content (AvgIpc) is 2.77. The molecule has 9 nitrogen and oxygen atoms in total. The molecule has 37 heavy (non-hydrogen) atoms. The van der Waals surface area contributed by atoms with E-state index < -0.39 is 47.9 Å². The lowest BCUT2D eigenvalue weighted by Gasteiger charge is -2.30. The van der Waals surface area contributed by atoms with Crippen molar-refractivity contribution in [3.63, 3.8) is 0 Å². The SMILES string of the molecule is C#CN(C(=O)C(CC(N)=O)NC(=O)OC(C)(C)C)C(C(=O)Nc1c(C)cccc1C)c1cccc(C)c1. The molecule has 0 saturated heterocycles. The Balaban J connectivity index is 2.51. The van der Waals surface area contributed by atoms with Crippen LogP contribution in [0.3, 0.4) is 0 Å². The zero-order chi connectivity index (χ0) is 27.9. The van der Waals surface area contributed by atoms with Gasteiger partial charge in [-0.05, 0) is 58.2 Å². The van der Waals surface area contributed by atoms with Gasteiger partial charge >= 0.3 is 6.09 Å². The quantitative estimate of drug-likeness (QED) is 0.373. The number of ether oxygens (including phenoxy) is 1. The molecule has 2 atom stereocenters. The van der Waals surface area contributed by atoms with Gasteiger partial charge in [0.15, 0.2) is 0 Å². The second-order valence-electron chi connectivity index (χ2n) is 9.78. The average molecular weight is 507 g/mol.